The fourth-order valence-electron chi connectivity index (χ4n) is 5.04. The fourth-order valence-corrected chi connectivity index (χ4v) is 5.04. The summed E-state index contributed by atoms with van der Waals surface area (Å²) < 4.78 is 19.6. The predicted molar refractivity (Wildman–Crippen MR) is 118 cm³/mol. The fraction of sp³-hybridized carbons (Fsp3) is 0.480. The van der Waals surface area contributed by atoms with E-state index < -0.39 is 17.8 Å². The van der Waals surface area contributed by atoms with Gasteiger partial charge in [0, 0.05) is 31.1 Å². The number of amides is 1. The van der Waals surface area contributed by atoms with Gasteiger partial charge in [-0.25, -0.2) is 4.39 Å². The quantitative estimate of drug-likeness (QED) is 0.722. The number of aliphatic hydroxyl groups is 1. The van der Waals surface area contributed by atoms with Crippen LogP contribution in [0.15, 0.2) is 54.6 Å². The van der Waals surface area contributed by atoms with Crippen LogP contribution in [0.25, 0.3) is 0 Å². The van der Waals surface area contributed by atoms with E-state index in [9.17, 15) is 14.3 Å². The van der Waals surface area contributed by atoms with Crippen molar-refractivity contribution in [2.45, 2.75) is 43.2 Å². The molecule has 1 aliphatic heterocycles. The summed E-state index contributed by atoms with van der Waals surface area (Å²) in [7, 11) is 0. The first-order valence-corrected chi connectivity index (χ1v) is 11.2. The molecular weight excluding hydrogens is 395 g/mol. The van der Waals surface area contributed by atoms with Crippen LogP contribution in [0.3, 0.4) is 0 Å². The number of aliphatic hydroxyl groups excluding tert-OH is 1. The molecule has 166 valence electrons. The van der Waals surface area contributed by atoms with Gasteiger partial charge in [-0.1, -0.05) is 42.5 Å². The summed E-state index contributed by atoms with van der Waals surface area (Å²) in [5, 5.41) is 13.9. The van der Waals surface area contributed by atoms with E-state index in [-0.39, 0.29) is 17.0 Å². The molecule has 1 saturated heterocycles. The van der Waals surface area contributed by atoms with Crippen LogP contribution < -0.4 is 5.32 Å². The molecule has 5 nitrogen and oxygen atoms in total. The van der Waals surface area contributed by atoms with E-state index in [1.54, 1.807) is 12.1 Å². The van der Waals surface area contributed by atoms with Gasteiger partial charge in [0.15, 0.2) is 0 Å². The number of hydrogen-bond donors (Lipinski definition) is 2. The van der Waals surface area contributed by atoms with Crippen molar-refractivity contribution in [2.24, 2.45) is 0 Å². The summed E-state index contributed by atoms with van der Waals surface area (Å²) in [4.78, 5) is 15.1. The zero-order valence-electron chi connectivity index (χ0n) is 17.8. The molecule has 31 heavy (non-hydrogen) atoms. The van der Waals surface area contributed by atoms with Gasteiger partial charge in [0.25, 0.3) is 5.91 Å². The minimum atomic E-state index is -0.516. The highest BCUT2D eigenvalue weighted by molar-refractivity contribution is 5.94. The SMILES string of the molecule is O=C(NC[C@]1(c2ccccc2)CC[C@@H](O)[C@H](N2CCOCC2)CC1)c1ccccc1F. The number of halogens is 1. The van der Waals surface area contributed by atoms with Crippen LogP contribution in [0, 0.1) is 5.82 Å². The van der Waals surface area contributed by atoms with E-state index in [1.807, 2.05) is 18.2 Å². The van der Waals surface area contributed by atoms with Crippen LogP contribution in [0.5, 0.6) is 0 Å². The first kappa shape index (κ1) is 21.9. The minimum absolute atomic E-state index is 0.0607. The second-order valence-corrected chi connectivity index (χ2v) is 8.67. The third-order valence-electron chi connectivity index (χ3n) is 6.89. The monoisotopic (exact) mass is 426 g/mol. The Morgan fingerprint density at radius 3 is 2.48 bits per heavy atom. The zero-order chi connectivity index (χ0) is 21.7. The van der Waals surface area contributed by atoms with E-state index in [1.165, 1.54) is 12.1 Å². The van der Waals surface area contributed by atoms with Crippen molar-refractivity contribution in [1.29, 1.82) is 0 Å². The van der Waals surface area contributed by atoms with Gasteiger partial charge in [0.2, 0.25) is 0 Å². The maximum absolute atomic E-state index is 14.1. The molecule has 1 saturated carbocycles. The van der Waals surface area contributed by atoms with Crippen LogP contribution in [-0.2, 0) is 10.2 Å². The average molecular weight is 427 g/mol. The average Bonchev–Trinajstić information content (AvgIpc) is 2.98. The predicted octanol–water partition coefficient (Wildman–Crippen LogP) is 3.13. The molecule has 6 heteroatoms. The van der Waals surface area contributed by atoms with Crippen LogP contribution >= 0.6 is 0 Å². The molecule has 0 aromatic heterocycles. The number of morpholine rings is 1. The van der Waals surface area contributed by atoms with Crippen molar-refractivity contribution in [3.63, 3.8) is 0 Å². The Hall–Kier alpha value is -2.28. The third-order valence-corrected chi connectivity index (χ3v) is 6.89. The van der Waals surface area contributed by atoms with E-state index in [0.717, 1.165) is 37.9 Å². The van der Waals surface area contributed by atoms with E-state index in [2.05, 4.69) is 22.3 Å². The van der Waals surface area contributed by atoms with E-state index in [0.29, 0.717) is 26.2 Å². The Labute approximate surface area is 183 Å². The number of hydrogen-bond acceptors (Lipinski definition) is 4. The zero-order valence-corrected chi connectivity index (χ0v) is 17.8. The van der Waals surface area contributed by atoms with Crippen molar-refractivity contribution in [1.82, 2.24) is 10.2 Å². The number of rotatable bonds is 5. The Kier molecular flexibility index (Phi) is 7.00. The molecular formula is C25H31FN2O3. The van der Waals surface area contributed by atoms with Gasteiger partial charge in [-0.05, 0) is 43.4 Å². The molecule has 2 aliphatic rings. The molecule has 3 atom stereocenters. The van der Waals surface area contributed by atoms with Crippen LogP contribution in [0.1, 0.15) is 41.6 Å². The summed E-state index contributed by atoms with van der Waals surface area (Å²) in [6.07, 6.45) is 2.69. The molecule has 1 heterocycles. The molecule has 1 amide bonds. The van der Waals surface area contributed by atoms with Crippen molar-refractivity contribution in [3.8, 4) is 0 Å². The lowest BCUT2D eigenvalue weighted by Gasteiger charge is -2.37. The van der Waals surface area contributed by atoms with Crippen molar-refractivity contribution >= 4 is 5.91 Å². The van der Waals surface area contributed by atoms with Gasteiger partial charge in [0.05, 0.1) is 24.9 Å². The molecule has 0 bridgehead atoms. The Bertz CT molecular complexity index is 872. The minimum Gasteiger partial charge on any atom is -0.391 e. The Morgan fingerprint density at radius 2 is 1.74 bits per heavy atom. The summed E-state index contributed by atoms with van der Waals surface area (Å²) in [6.45, 7) is 3.48. The largest absolute Gasteiger partial charge is 0.391 e. The summed E-state index contributed by atoms with van der Waals surface area (Å²) >= 11 is 0. The van der Waals surface area contributed by atoms with E-state index >= 15 is 0 Å². The molecule has 2 aromatic carbocycles. The van der Waals surface area contributed by atoms with Crippen molar-refractivity contribution < 1.29 is 19.0 Å². The summed E-state index contributed by atoms with van der Waals surface area (Å²) in [5.41, 5.74) is 0.911. The highest BCUT2D eigenvalue weighted by Crippen LogP contribution is 2.39. The number of nitrogens with one attached hydrogen (secondary N) is 1. The molecule has 2 fully saturated rings. The number of carbonyl (C=O) groups is 1. The molecule has 2 aromatic rings. The number of ether oxygens (including phenoxy) is 1. The topological polar surface area (TPSA) is 61.8 Å². The summed E-state index contributed by atoms with van der Waals surface area (Å²) in [6, 6.07) is 16.3. The molecule has 0 unspecified atom stereocenters. The highest BCUT2D eigenvalue weighted by Gasteiger charge is 2.40. The first-order valence-electron chi connectivity index (χ1n) is 11.2. The van der Waals surface area contributed by atoms with Gasteiger partial charge in [0.1, 0.15) is 5.82 Å². The van der Waals surface area contributed by atoms with Crippen LogP contribution in [-0.4, -0.2) is 60.9 Å². The van der Waals surface area contributed by atoms with Gasteiger partial charge >= 0.3 is 0 Å². The maximum atomic E-state index is 14.1. The second-order valence-electron chi connectivity index (χ2n) is 8.67. The summed E-state index contributed by atoms with van der Waals surface area (Å²) in [5.74, 6) is -0.916. The lowest BCUT2D eigenvalue weighted by Crippen LogP contribution is -2.48. The highest BCUT2D eigenvalue weighted by atomic mass is 19.1. The van der Waals surface area contributed by atoms with Gasteiger partial charge < -0.3 is 15.2 Å². The normalized spacial score (nSPS) is 27.4. The molecule has 0 radical (unpaired) electrons. The van der Waals surface area contributed by atoms with Gasteiger partial charge in [-0.3, -0.25) is 9.69 Å². The van der Waals surface area contributed by atoms with E-state index in [4.69, 9.17) is 4.74 Å². The van der Waals surface area contributed by atoms with Crippen LogP contribution in [0.4, 0.5) is 4.39 Å². The molecule has 1 aliphatic carbocycles. The first-order chi connectivity index (χ1) is 15.1. The smallest absolute Gasteiger partial charge is 0.254 e. The number of nitrogens with zero attached hydrogens (tertiary/aromatic N) is 1. The molecule has 4 rings (SSSR count). The molecule has 0 spiro atoms. The molecule has 2 N–H and O–H groups in total. The lowest BCUT2D eigenvalue weighted by molar-refractivity contribution is -0.0236. The standard InChI is InChI=1S/C25H31FN2O3/c26-21-9-5-4-8-20(21)24(30)27-18-25(19-6-2-1-3-7-19)12-10-22(23(29)11-13-25)28-14-16-31-17-15-28/h1-9,22-23,29H,10-18H2,(H,27,30)/t22-,23-,25-/m1/s1. The second kappa shape index (κ2) is 9.90. The van der Waals surface area contributed by atoms with Gasteiger partial charge in [-0.2, -0.15) is 0 Å². The van der Waals surface area contributed by atoms with Crippen molar-refractivity contribution in [2.75, 3.05) is 32.8 Å². The maximum Gasteiger partial charge on any atom is 0.254 e. The Morgan fingerprint density at radius 1 is 1.06 bits per heavy atom. The van der Waals surface area contributed by atoms with Gasteiger partial charge in [-0.15, -0.1) is 0 Å². The van der Waals surface area contributed by atoms with Crippen molar-refractivity contribution in [3.05, 3.63) is 71.5 Å². The number of benzene rings is 2. The Balaban J connectivity index is 1.54. The number of carbonyl (C=O) groups excluding carboxylic acids is 1. The lowest BCUT2D eigenvalue weighted by atomic mass is 9.74. The third kappa shape index (κ3) is 4.97. The van der Waals surface area contributed by atoms with Crippen LogP contribution in [0.2, 0.25) is 0 Å².